The minimum absolute atomic E-state index is 0.0174. The molecular weight excluding hydrogens is 328 g/mol. The summed E-state index contributed by atoms with van der Waals surface area (Å²) in [4.78, 5) is 18.6. The third-order valence-corrected chi connectivity index (χ3v) is 5.84. The standard InChI is InChI=1S/C16H20N4O3S/c1-3-19-10-14(9-18-19)15-11-24(22,23)7-6-20(15)16(21)13-5-4-12(2)17-8-13/h4-5,8-10,15H,3,6-7,11H2,1-2H3. The van der Waals surface area contributed by atoms with Crippen LogP contribution in [0.15, 0.2) is 30.7 Å². The Morgan fingerprint density at radius 1 is 1.33 bits per heavy atom. The van der Waals surface area contributed by atoms with Crippen molar-refractivity contribution >= 4 is 15.7 Å². The van der Waals surface area contributed by atoms with Crippen molar-refractivity contribution in [3.63, 3.8) is 0 Å². The van der Waals surface area contributed by atoms with Gasteiger partial charge in [0.15, 0.2) is 9.84 Å². The number of hydrogen-bond acceptors (Lipinski definition) is 5. The van der Waals surface area contributed by atoms with Crippen molar-refractivity contribution in [2.45, 2.75) is 26.4 Å². The number of nitrogens with zero attached hydrogens (tertiary/aromatic N) is 4. The first-order valence-corrected chi connectivity index (χ1v) is 9.68. The highest BCUT2D eigenvalue weighted by atomic mass is 32.2. The predicted octanol–water partition coefficient (Wildman–Crippen LogP) is 1.22. The highest BCUT2D eigenvalue weighted by molar-refractivity contribution is 7.91. The molecule has 0 bridgehead atoms. The maximum atomic E-state index is 12.8. The number of amides is 1. The average Bonchev–Trinajstić information content (AvgIpc) is 3.03. The van der Waals surface area contributed by atoms with E-state index in [0.717, 1.165) is 11.3 Å². The Balaban J connectivity index is 1.94. The Kier molecular flexibility index (Phi) is 4.40. The van der Waals surface area contributed by atoms with Gasteiger partial charge in [-0.05, 0) is 26.0 Å². The summed E-state index contributed by atoms with van der Waals surface area (Å²) in [5.41, 5.74) is 2.04. The van der Waals surface area contributed by atoms with Crippen molar-refractivity contribution in [3.8, 4) is 0 Å². The van der Waals surface area contributed by atoms with E-state index in [1.807, 2.05) is 13.8 Å². The van der Waals surface area contributed by atoms with Crippen molar-refractivity contribution in [1.82, 2.24) is 19.7 Å². The number of sulfone groups is 1. The van der Waals surface area contributed by atoms with E-state index in [1.54, 1.807) is 34.1 Å². The monoisotopic (exact) mass is 348 g/mol. The number of carbonyl (C=O) groups is 1. The van der Waals surface area contributed by atoms with Crippen LogP contribution in [0.4, 0.5) is 0 Å². The van der Waals surface area contributed by atoms with E-state index < -0.39 is 15.9 Å². The second kappa shape index (κ2) is 6.35. The van der Waals surface area contributed by atoms with Gasteiger partial charge in [-0.1, -0.05) is 0 Å². The van der Waals surface area contributed by atoms with Crippen molar-refractivity contribution in [2.24, 2.45) is 0 Å². The van der Waals surface area contributed by atoms with Crippen LogP contribution in [0.1, 0.15) is 34.6 Å². The average molecular weight is 348 g/mol. The van der Waals surface area contributed by atoms with Crippen LogP contribution in [-0.2, 0) is 16.4 Å². The summed E-state index contributed by atoms with van der Waals surface area (Å²) in [6, 6.07) is 2.98. The minimum atomic E-state index is -3.18. The SMILES string of the molecule is CCn1cc(C2CS(=O)(=O)CCN2C(=O)c2ccc(C)nc2)cn1. The molecule has 0 aromatic carbocycles. The number of aryl methyl sites for hydroxylation is 2. The quantitative estimate of drug-likeness (QED) is 0.832. The minimum Gasteiger partial charge on any atom is -0.329 e. The van der Waals surface area contributed by atoms with Crippen LogP contribution in [0, 0.1) is 6.92 Å². The van der Waals surface area contributed by atoms with Crippen LogP contribution in [-0.4, -0.2) is 52.0 Å². The molecule has 3 rings (SSSR count). The van der Waals surface area contributed by atoms with E-state index in [9.17, 15) is 13.2 Å². The van der Waals surface area contributed by atoms with Crippen LogP contribution in [0.25, 0.3) is 0 Å². The fourth-order valence-corrected chi connectivity index (χ4v) is 4.31. The lowest BCUT2D eigenvalue weighted by molar-refractivity contribution is 0.0697. The molecule has 8 heteroatoms. The summed E-state index contributed by atoms with van der Waals surface area (Å²) in [6.45, 7) is 4.67. The first-order chi connectivity index (χ1) is 11.4. The van der Waals surface area contributed by atoms with Crippen LogP contribution < -0.4 is 0 Å². The molecule has 1 fully saturated rings. The molecule has 0 spiro atoms. The van der Waals surface area contributed by atoms with E-state index in [2.05, 4.69) is 10.1 Å². The molecule has 128 valence electrons. The van der Waals surface area contributed by atoms with Gasteiger partial charge in [0.2, 0.25) is 0 Å². The molecule has 0 radical (unpaired) electrons. The summed E-state index contributed by atoms with van der Waals surface area (Å²) in [6.07, 6.45) is 4.98. The Morgan fingerprint density at radius 2 is 2.12 bits per heavy atom. The molecule has 1 amide bonds. The lowest BCUT2D eigenvalue weighted by Gasteiger charge is -2.35. The zero-order chi connectivity index (χ0) is 17.3. The summed E-state index contributed by atoms with van der Waals surface area (Å²) < 4.78 is 25.9. The highest BCUT2D eigenvalue weighted by Gasteiger charge is 2.36. The molecule has 2 aromatic rings. The molecule has 1 saturated heterocycles. The second-order valence-electron chi connectivity index (χ2n) is 5.95. The number of carbonyl (C=O) groups excluding carboxylic acids is 1. The molecule has 1 atom stereocenters. The fourth-order valence-electron chi connectivity index (χ4n) is 2.81. The Morgan fingerprint density at radius 3 is 2.75 bits per heavy atom. The molecule has 0 saturated carbocycles. The molecule has 1 aliphatic heterocycles. The maximum absolute atomic E-state index is 12.8. The molecule has 0 N–H and O–H groups in total. The Labute approximate surface area is 141 Å². The summed E-state index contributed by atoms with van der Waals surface area (Å²) in [5.74, 6) is -0.296. The van der Waals surface area contributed by atoms with Crippen molar-refractivity contribution in [1.29, 1.82) is 0 Å². The molecule has 1 unspecified atom stereocenters. The maximum Gasteiger partial charge on any atom is 0.255 e. The van der Waals surface area contributed by atoms with Gasteiger partial charge in [0.05, 0.1) is 29.3 Å². The van der Waals surface area contributed by atoms with Gasteiger partial charge >= 0.3 is 0 Å². The Bertz CT molecular complexity index is 842. The van der Waals surface area contributed by atoms with E-state index in [4.69, 9.17) is 0 Å². The predicted molar refractivity (Wildman–Crippen MR) is 89.3 cm³/mol. The summed E-state index contributed by atoms with van der Waals surface area (Å²) in [5, 5.41) is 4.21. The normalized spacial score (nSPS) is 20.1. The van der Waals surface area contributed by atoms with Gasteiger partial charge in [-0.3, -0.25) is 14.5 Å². The number of rotatable bonds is 3. The smallest absolute Gasteiger partial charge is 0.255 e. The lowest BCUT2D eigenvalue weighted by atomic mass is 10.1. The number of hydrogen-bond donors (Lipinski definition) is 0. The highest BCUT2D eigenvalue weighted by Crippen LogP contribution is 2.28. The van der Waals surface area contributed by atoms with Gasteiger partial charge in [0, 0.05) is 36.7 Å². The third kappa shape index (κ3) is 3.33. The molecule has 7 nitrogen and oxygen atoms in total. The molecule has 1 aliphatic rings. The van der Waals surface area contributed by atoms with Crippen LogP contribution in [0.3, 0.4) is 0 Å². The topological polar surface area (TPSA) is 85.2 Å². The fraction of sp³-hybridized carbons (Fsp3) is 0.438. The van der Waals surface area contributed by atoms with Gasteiger partial charge < -0.3 is 4.90 Å². The van der Waals surface area contributed by atoms with Crippen molar-refractivity contribution in [3.05, 3.63) is 47.5 Å². The van der Waals surface area contributed by atoms with Crippen molar-refractivity contribution in [2.75, 3.05) is 18.1 Å². The molecule has 2 aromatic heterocycles. The second-order valence-corrected chi connectivity index (χ2v) is 8.18. The Hall–Kier alpha value is -2.22. The first-order valence-electron chi connectivity index (χ1n) is 7.86. The number of aromatic nitrogens is 3. The molecule has 24 heavy (non-hydrogen) atoms. The lowest BCUT2D eigenvalue weighted by Crippen LogP contribution is -2.46. The van der Waals surface area contributed by atoms with Gasteiger partial charge in [0.1, 0.15) is 0 Å². The molecular formula is C16H20N4O3S. The van der Waals surface area contributed by atoms with E-state index in [0.29, 0.717) is 12.1 Å². The number of pyridine rings is 1. The third-order valence-electron chi connectivity index (χ3n) is 4.21. The van der Waals surface area contributed by atoms with E-state index in [1.165, 1.54) is 6.20 Å². The van der Waals surface area contributed by atoms with Gasteiger partial charge in [0.25, 0.3) is 5.91 Å². The molecule has 0 aliphatic carbocycles. The zero-order valence-corrected chi connectivity index (χ0v) is 14.5. The summed E-state index contributed by atoms with van der Waals surface area (Å²) >= 11 is 0. The zero-order valence-electron chi connectivity index (χ0n) is 13.7. The van der Waals surface area contributed by atoms with Crippen molar-refractivity contribution < 1.29 is 13.2 Å². The molecule has 3 heterocycles. The van der Waals surface area contributed by atoms with Crippen LogP contribution in [0.2, 0.25) is 0 Å². The van der Waals surface area contributed by atoms with E-state index in [-0.39, 0.29) is 24.0 Å². The van der Waals surface area contributed by atoms with Gasteiger partial charge in [-0.25, -0.2) is 8.42 Å². The van der Waals surface area contributed by atoms with Gasteiger partial charge in [-0.2, -0.15) is 5.10 Å². The first kappa shape index (κ1) is 16.6. The largest absolute Gasteiger partial charge is 0.329 e. The van der Waals surface area contributed by atoms with Crippen LogP contribution in [0.5, 0.6) is 0 Å². The summed E-state index contributed by atoms with van der Waals surface area (Å²) in [7, 11) is -3.18. The van der Waals surface area contributed by atoms with E-state index >= 15 is 0 Å². The van der Waals surface area contributed by atoms with Gasteiger partial charge in [-0.15, -0.1) is 0 Å². The van der Waals surface area contributed by atoms with Crippen LogP contribution >= 0.6 is 0 Å².